The number of nitrogens with one attached hydrogen (secondary N) is 1. The van der Waals surface area contributed by atoms with Crippen LogP contribution in [0.4, 0.5) is 5.69 Å². The van der Waals surface area contributed by atoms with Crippen LogP contribution in [-0.4, -0.2) is 14.3 Å². The van der Waals surface area contributed by atoms with Crippen LogP contribution in [-0.2, 0) is 10.0 Å². The normalized spacial score (nSPS) is 11.2. The monoisotopic (exact) mass is 388 g/mol. The number of hydrogen-bond donors (Lipinski definition) is 2. The van der Waals surface area contributed by atoms with E-state index in [1.54, 1.807) is 18.2 Å². The number of nitrogens with two attached hydrogens (primary N) is 1. The fourth-order valence-electron chi connectivity index (χ4n) is 1.60. The molecule has 0 atom stereocenters. The number of amides is 1. The number of anilines is 1. The van der Waals surface area contributed by atoms with Crippen molar-refractivity contribution in [2.45, 2.75) is 4.90 Å². The van der Waals surface area contributed by atoms with Crippen LogP contribution in [0, 0.1) is 0 Å². The number of carbonyl (C=O) groups excluding carboxylic acids is 1. The molecule has 0 saturated heterocycles. The van der Waals surface area contributed by atoms with Crippen molar-refractivity contribution in [2.24, 2.45) is 5.14 Å². The van der Waals surface area contributed by atoms with Crippen molar-refractivity contribution in [1.82, 2.24) is 0 Å². The van der Waals surface area contributed by atoms with Crippen LogP contribution < -0.4 is 10.5 Å². The highest BCUT2D eigenvalue weighted by atomic mass is 79.9. The Bertz CT molecular complexity index is 792. The number of halogens is 2. The fraction of sp³-hybridized carbons (Fsp3) is 0. The van der Waals surface area contributed by atoms with Gasteiger partial charge in [0.1, 0.15) is 0 Å². The molecule has 5 nitrogen and oxygen atoms in total. The molecule has 0 bridgehead atoms. The summed E-state index contributed by atoms with van der Waals surface area (Å²) in [6.07, 6.45) is 0. The summed E-state index contributed by atoms with van der Waals surface area (Å²) < 4.78 is 22.8. The molecule has 0 heterocycles. The number of sulfonamides is 1. The highest BCUT2D eigenvalue weighted by molar-refractivity contribution is 9.10. The Balaban J connectivity index is 2.20. The van der Waals surface area contributed by atoms with E-state index < -0.39 is 10.0 Å². The molecule has 0 saturated carbocycles. The third kappa shape index (κ3) is 4.04. The first kappa shape index (κ1) is 16.0. The molecule has 21 heavy (non-hydrogen) atoms. The molecule has 2 aromatic rings. The van der Waals surface area contributed by atoms with Gasteiger partial charge in [-0.05, 0) is 58.4 Å². The summed E-state index contributed by atoms with van der Waals surface area (Å²) in [6, 6.07) is 10.4. The lowest BCUT2D eigenvalue weighted by atomic mass is 10.2. The van der Waals surface area contributed by atoms with Crippen LogP contribution in [0.3, 0.4) is 0 Å². The lowest BCUT2D eigenvalue weighted by Crippen LogP contribution is -2.14. The van der Waals surface area contributed by atoms with E-state index in [4.69, 9.17) is 16.7 Å². The van der Waals surface area contributed by atoms with Gasteiger partial charge in [-0.3, -0.25) is 4.79 Å². The Labute approximate surface area is 135 Å². The first-order valence-electron chi connectivity index (χ1n) is 5.66. The molecule has 1 amide bonds. The van der Waals surface area contributed by atoms with Crippen LogP contribution in [0.2, 0.25) is 5.02 Å². The molecule has 3 N–H and O–H groups in total. The molecule has 0 spiro atoms. The smallest absolute Gasteiger partial charge is 0.256 e. The zero-order valence-electron chi connectivity index (χ0n) is 10.5. The number of hydrogen-bond acceptors (Lipinski definition) is 3. The average Bonchev–Trinajstić information content (AvgIpc) is 2.38. The Morgan fingerprint density at radius 3 is 2.29 bits per heavy atom. The first-order chi connectivity index (χ1) is 9.77. The predicted octanol–water partition coefficient (Wildman–Crippen LogP) is 3.00. The maximum Gasteiger partial charge on any atom is 0.256 e. The van der Waals surface area contributed by atoms with Gasteiger partial charge in [-0.15, -0.1) is 0 Å². The molecule has 0 aliphatic rings. The molecule has 0 fully saturated rings. The molecule has 8 heteroatoms. The second-order valence-corrected chi connectivity index (χ2v) is 7.00. The Morgan fingerprint density at radius 1 is 1.14 bits per heavy atom. The van der Waals surface area contributed by atoms with Gasteiger partial charge in [0.15, 0.2) is 0 Å². The molecule has 110 valence electrons. The summed E-state index contributed by atoms with van der Waals surface area (Å²) >= 11 is 9.07. The fourth-order valence-corrected chi connectivity index (χ4v) is 2.98. The van der Waals surface area contributed by atoms with Crippen molar-refractivity contribution in [2.75, 3.05) is 5.32 Å². The lowest BCUT2D eigenvalue weighted by molar-refractivity contribution is 0.102. The van der Waals surface area contributed by atoms with Crippen LogP contribution in [0.15, 0.2) is 51.8 Å². The number of carbonyl (C=O) groups is 1. The minimum absolute atomic E-state index is 0.0202. The maximum absolute atomic E-state index is 12.1. The maximum atomic E-state index is 12.1. The van der Waals surface area contributed by atoms with Crippen LogP contribution >= 0.6 is 27.5 Å². The quantitative estimate of drug-likeness (QED) is 0.845. The van der Waals surface area contributed by atoms with E-state index in [0.717, 1.165) is 0 Å². The van der Waals surface area contributed by atoms with Gasteiger partial charge in [0.2, 0.25) is 10.0 Å². The molecule has 0 unspecified atom stereocenters. The second-order valence-electron chi connectivity index (χ2n) is 4.15. The molecule has 0 radical (unpaired) electrons. The van der Waals surface area contributed by atoms with Gasteiger partial charge in [-0.2, -0.15) is 0 Å². The second kappa shape index (κ2) is 6.15. The van der Waals surface area contributed by atoms with Gasteiger partial charge in [-0.1, -0.05) is 11.6 Å². The highest BCUT2D eigenvalue weighted by Crippen LogP contribution is 2.23. The molecular weight excluding hydrogens is 380 g/mol. The van der Waals surface area contributed by atoms with E-state index in [2.05, 4.69) is 21.2 Å². The van der Waals surface area contributed by atoms with Crippen molar-refractivity contribution < 1.29 is 13.2 Å². The third-order valence-electron chi connectivity index (χ3n) is 2.62. The van der Waals surface area contributed by atoms with Gasteiger partial charge < -0.3 is 5.32 Å². The van der Waals surface area contributed by atoms with Crippen molar-refractivity contribution >= 4 is 49.1 Å². The first-order valence-corrected chi connectivity index (χ1v) is 8.38. The van der Waals surface area contributed by atoms with E-state index in [0.29, 0.717) is 20.7 Å². The number of primary sulfonamides is 1. The van der Waals surface area contributed by atoms with Gasteiger partial charge >= 0.3 is 0 Å². The Hall–Kier alpha value is -1.41. The van der Waals surface area contributed by atoms with Crippen molar-refractivity contribution in [3.63, 3.8) is 0 Å². The third-order valence-corrected chi connectivity index (χ3v) is 4.44. The van der Waals surface area contributed by atoms with E-state index in [1.807, 2.05) is 0 Å². The zero-order chi connectivity index (χ0) is 15.6. The molecule has 0 aromatic heterocycles. The molecular formula is C13H10BrClN2O3S. The average molecular weight is 390 g/mol. The van der Waals surface area contributed by atoms with Gasteiger partial charge in [0, 0.05) is 15.2 Å². The van der Waals surface area contributed by atoms with Crippen LogP contribution in [0.25, 0.3) is 0 Å². The Morgan fingerprint density at radius 2 is 1.76 bits per heavy atom. The zero-order valence-corrected chi connectivity index (χ0v) is 13.7. The summed E-state index contributed by atoms with van der Waals surface area (Å²) in [5, 5.41) is 8.16. The van der Waals surface area contributed by atoms with Gasteiger partial charge in [-0.25, -0.2) is 13.6 Å². The topological polar surface area (TPSA) is 89.3 Å². The SMILES string of the molecule is NS(=O)(=O)c1ccc(NC(=O)c2ccc(Cl)cc2Br)cc1. The minimum Gasteiger partial charge on any atom is -0.322 e. The van der Waals surface area contributed by atoms with Crippen LogP contribution in [0.5, 0.6) is 0 Å². The van der Waals surface area contributed by atoms with Gasteiger partial charge in [0.05, 0.1) is 10.5 Å². The number of benzene rings is 2. The van der Waals surface area contributed by atoms with E-state index in [-0.39, 0.29) is 10.8 Å². The number of rotatable bonds is 3. The van der Waals surface area contributed by atoms with Crippen molar-refractivity contribution in [3.8, 4) is 0 Å². The van der Waals surface area contributed by atoms with E-state index in [1.165, 1.54) is 24.3 Å². The molecule has 0 aliphatic carbocycles. The van der Waals surface area contributed by atoms with Crippen molar-refractivity contribution in [3.05, 3.63) is 57.5 Å². The summed E-state index contributed by atoms with van der Waals surface area (Å²) in [5.74, 6) is -0.345. The van der Waals surface area contributed by atoms with E-state index >= 15 is 0 Å². The highest BCUT2D eigenvalue weighted by Gasteiger charge is 2.12. The van der Waals surface area contributed by atoms with Gasteiger partial charge in [0.25, 0.3) is 5.91 Å². The Kier molecular flexibility index (Phi) is 4.67. The lowest BCUT2D eigenvalue weighted by Gasteiger charge is -2.08. The summed E-state index contributed by atoms with van der Waals surface area (Å²) in [7, 11) is -3.75. The van der Waals surface area contributed by atoms with Crippen LogP contribution in [0.1, 0.15) is 10.4 Å². The largest absolute Gasteiger partial charge is 0.322 e. The van der Waals surface area contributed by atoms with E-state index in [9.17, 15) is 13.2 Å². The predicted molar refractivity (Wildman–Crippen MR) is 84.9 cm³/mol. The molecule has 2 rings (SSSR count). The standard InChI is InChI=1S/C13H10BrClN2O3S/c14-12-7-8(15)1-6-11(12)13(18)17-9-2-4-10(5-3-9)21(16,19)20/h1-7H,(H,17,18)(H2,16,19,20). The van der Waals surface area contributed by atoms with Crippen molar-refractivity contribution in [1.29, 1.82) is 0 Å². The summed E-state index contributed by atoms with van der Waals surface area (Å²) in [6.45, 7) is 0. The molecule has 2 aromatic carbocycles. The minimum atomic E-state index is -3.75. The summed E-state index contributed by atoms with van der Waals surface area (Å²) in [4.78, 5) is 12.1. The summed E-state index contributed by atoms with van der Waals surface area (Å²) in [5.41, 5.74) is 0.865. The molecule has 0 aliphatic heterocycles.